The molecule has 2 N–H and O–H groups in total. The third kappa shape index (κ3) is 3.00. The Morgan fingerprint density at radius 3 is 2.71 bits per heavy atom. The van der Waals surface area contributed by atoms with Crippen LogP contribution in [0, 0.1) is 0 Å². The molecule has 4 heteroatoms. The Hall–Kier alpha value is -2.07. The van der Waals surface area contributed by atoms with Gasteiger partial charge in [0.15, 0.2) is 5.13 Å². The van der Waals surface area contributed by atoms with Gasteiger partial charge in [-0.1, -0.05) is 36.4 Å². The number of aromatic nitrogens is 1. The van der Waals surface area contributed by atoms with Crippen LogP contribution in [0.1, 0.15) is 12.6 Å². The molecule has 0 aliphatic heterocycles. The van der Waals surface area contributed by atoms with E-state index in [1.54, 1.807) is 0 Å². The topological polar surface area (TPSA) is 42.1 Å². The van der Waals surface area contributed by atoms with Crippen molar-refractivity contribution in [2.24, 2.45) is 0 Å². The molecule has 0 saturated carbocycles. The number of likely N-dealkylation sites (N-methyl/N-ethyl adjacent to an activating group) is 1. The first-order chi connectivity index (χ1) is 10.3. The van der Waals surface area contributed by atoms with E-state index in [2.05, 4.69) is 59.3 Å². The molecule has 3 nitrogen and oxygen atoms in total. The fourth-order valence-corrected chi connectivity index (χ4v) is 3.22. The number of benzene rings is 2. The van der Waals surface area contributed by atoms with Gasteiger partial charge in [0.25, 0.3) is 0 Å². The fourth-order valence-electron chi connectivity index (χ4n) is 2.62. The molecule has 0 unspecified atom stereocenters. The van der Waals surface area contributed by atoms with Crippen molar-refractivity contribution in [3.05, 3.63) is 53.5 Å². The summed E-state index contributed by atoms with van der Waals surface area (Å²) in [5, 5.41) is 5.29. The van der Waals surface area contributed by atoms with E-state index < -0.39 is 0 Å². The smallest absolute Gasteiger partial charge is 0.180 e. The van der Waals surface area contributed by atoms with Crippen molar-refractivity contribution in [3.63, 3.8) is 0 Å². The fraction of sp³-hybridized carbons (Fsp3) is 0.235. The largest absolute Gasteiger partial charge is 0.375 e. The highest BCUT2D eigenvalue weighted by atomic mass is 32.1. The minimum absolute atomic E-state index is 0.651. The summed E-state index contributed by atoms with van der Waals surface area (Å²) in [7, 11) is 0. The SMILES string of the molecule is CCN(CCc1csc(N)n1)c1cccc2ccccc12. The van der Waals surface area contributed by atoms with Crippen molar-refractivity contribution in [3.8, 4) is 0 Å². The third-order valence-electron chi connectivity index (χ3n) is 3.70. The number of anilines is 2. The molecule has 0 radical (unpaired) electrons. The molecular weight excluding hydrogens is 278 g/mol. The van der Waals surface area contributed by atoms with Gasteiger partial charge in [-0.05, 0) is 18.4 Å². The van der Waals surface area contributed by atoms with Crippen LogP contribution in [-0.2, 0) is 6.42 Å². The molecule has 1 aromatic heterocycles. The lowest BCUT2D eigenvalue weighted by atomic mass is 10.1. The van der Waals surface area contributed by atoms with Crippen LogP contribution in [0.4, 0.5) is 10.8 Å². The predicted octanol–water partition coefficient (Wildman–Crippen LogP) is 3.95. The zero-order chi connectivity index (χ0) is 14.7. The van der Waals surface area contributed by atoms with Gasteiger partial charge in [0, 0.05) is 36.0 Å². The minimum atomic E-state index is 0.651. The lowest BCUT2D eigenvalue weighted by Crippen LogP contribution is -2.25. The molecule has 0 aliphatic rings. The Labute approximate surface area is 129 Å². The average Bonchev–Trinajstić information content (AvgIpc) is 2.93. The number of hydrogen-bond donors (Lipinski definition) is 1. The average molecular weight is 297 g/mol. The second-order valence-corrected chi connectivity index (χ2v) is 5.89. The predicted molar refractivity (Wildman–Crippen MR) is 92.1 cm³/mol. The quantitative estimate of drug-likeness (QED) is 0.775. The summed E-state index contributed by atoms with van der Waals surface area (Å²) in [5.41, 5.74) is 8.07. The van der Waals surface area contributed by atoms with E-state index in [1.165, 1.54) is 27.8 Å². The molecule has 0 aliphatic carbocycles. The third-order valence-corrected chi connectivity index (χ3v) is 4.42. The van der Waals surface area contributed by atoms with E-state index in [9.17, 15) is 0 Å². The normalized spacial score (nSPS) is 10.9. The lowest BCUT2D eigenvalue weighted by molar-refractivity contribution is 0.802. The highest BCUT2D eigenvalue weighted by molar-refractivity contribution is 7.13. The van der Waals surface area contributed by atoms with E-state index in [1.807, 2.05) is 5.38 Å². The van der Waals surface area contributed by atoms with Crippen molar-refractivity contribution in [1.29, 1.82) is 0 Å². The molecule has 0 bridgehead atoms. The van der Waals surface area contributed by atoms with Crippen LogP contribution in [0.3, 0.4) is 0 Å². The van der Waals surface area contributed by atoms with Gasteiger partial charge in [0.1, 0.15) is 0 Å². The van der Waals surface area contributed by atoms with Gasteiger partial charge >= 0.3 is 0 Å². The van der Waals surface area contributed by atoms with Crippen LogP contribution in [0.5, 0.6) is 0 Å². The van der Waals surface area contributed by atoms with Gasteiger partial charge in [-0.2, -0.15) is 0 Å². The Morgan fingerprint density at radius 2 is 1.95 bits per heavy atom. The van der Waals surface area contributed by atoms with E-state index >= 15 is 0 Å². The molecule has 0 amide bonds. The molecule has 108 valence electrons. The van der Waals surface area contributed by atoms with Crippen molar-refractivity contribution < 1.29 is 0 Å². The molecular formula is C17H19N3S. The monoisotopic (exact) mass is 297 g/mol. The molecule has 0 fully saturated rings. The number of fused-ring (bicyclic) bond motifs is 1. The second-order valence-electron chi connectivity index (χ2n) is 5.01. The maximum atomic E-state index is 5.70. The zero-order valence-corrected chi connectivity index (χ0v) is 12.9. The van der Waals surface area contributed by atoms with Crippen LogP contribution in [-0.4, -0.2) is 18.1 Å². The van der Waals surface area contributed by atoms with Gasteiger partial charge in [-0.3, -0.25) is 0 Å². The van der Waals surface area contributed by atoms with Crippen LogP contribution < -0.4 is 10.6 Å². The van der Waals surface area contributed by atoms with Crippen molar-refractivity contribution in [2.45, 2.75) is 13.3 Å². The van der Waals surface area contributed by atoms with Gasteiger partial charge in [0.2, 0.25) is 0 Å². The molecule has 0 atom stereocenters. The first-order valence-corrected chi connectivity index (χ1v) is 8.08. The summed E-state index contributed by atoms with van der Waals surface area (Å²) < 4.78 is 0. The Balaban J connectivity index is 1.84. The lowest BCUT2D eigenvalue weighted by Gasteiger charge is -2.24. The highest BCUT2D eigenvalue weighted by Gasteiger charge is 2.09. The molecule has 1 heterocycles. The second kappa shape index (κ2) is 6.14. The molecule has 2 aromatic carbocycles. The van der Waals surface area contributed by atoms with Gasteiger partial charge in [-0.25, -0.2) is 4.98 Å². The van der Waals surface area contributed by atoms with Crippen molar-refractivity contribution in [2.75, 3.05) is 23.7 Å². The zero-order valence-electron chi connectivity index (χ0n) is 12.1. The number of nitrogens with two attached hydrogens (primary N) is 1. The number of nitrogens with zero attached hydrogens (tertiary/aromatic N) is 2. The first kappa shape index (κ1) is 13.9. The number of nitrogen functional groups attached to an aromatic ring is 1. The van der Waals surface area contributed by atoms with Gasteiger partial charge in [-0.15, -0.1) is 11.3 Å². The molecule has 0 saturated heterocycles. The summed E-state index contributed by atoms with van der Waals surface area (Å²) in [5.74, 6) is 0. The van der Waals surface area contributed by atoms with Crippen molar-refractivity contribution in [1.82, 2.24) is 4.98 Å². The van der Waals surface area contributed by atoms with Crippen LogP contribution in [0.15, 0.2) is 47.8 Å². The molecule has 3 aromatic rings. The van der Waals surface area contributed by atoms with E-state index in [4.69, 9.17) is 5.73 Å². The number of thiazole rings is 1. The molecule has 21 heavy (non-hydrogen) atoms. The molecule has 0 spiro atoms. The number of rotatable bonds is 5. The van der Waals surface area contributed by atoms with Crippen molar-refractivity contribution >= 4 is 32.9 Å². The van der Waals surface area contributed by atoms with E-state index in [-0.39, 0.29) is 0 Å². The summed E-state index contributed by atoms with van der Waals surface area (Å²) in [6.45, 7) is 4.12. The van der Waals surface area contributed by atoms with Gasteiger partial charge in [0.05, 0.1) is 5.69 Å². The summed E-state index contributed by atoms with van der Waals surface area (Å²) in [6, 6.07) is 15.0. The molecule has 3 rings (SSSR count). The van der Waals surface area contributed by atoms with Crippen LogP contribution >= 0.6 is 11.3 Å². The maximum absolute atomic E-state index is 5.70. The van der Waals surface area contributed by atoms with Crippen LogP contribution in [0.25, 0.3) is 10.8 Å². The maximum Gasteiger partial charge on any atom is 0.180 e. The number of hydrogen-bond acceptors (Lipinski definition) is 4. The van der Waals surface area contributed by atoms with E-state index in [0.29, 0.717) is 5.13 Å². The summed E-state index contributed by atoms with van der Waals surface area (Å²) in [6.07, 6.45) is 0.921. The first-order valence-electron chi connectivity index (χ1n) is 7.20. The summed E-state index contributed by atoms with van der Waals surface area (Å²) in [4.78, 5) is 6.74. The Morgan fingerprint density at radius 1 is 1.14 bits per heavy atom. The highest BCUT2D eigenvalue weighted by Crippen LogP contribution is 2.26. The van der Waals surface area contributed by atoms with Crippen LogP contribution in [0.2, 0.25) is 0 Å². The Kier molecular flexibility index (Phi) is 4.06. The minimum Gasteiger partial charge on any atom is -0.375 e. The van der Waals surface area contributed by atoms with E-state index in [0.717, 1.165) is 25.2 Å². The summed E-state index contributed by atoms with van der Waals surface area (Å²) >= 11 is 1.51. The standard InChI is InChI=1S/C17H19N3S/c1-2-20(11-10-14-12-21-17(18)19-14)16-9-5-7-13-6-3-4-8-15(13)16/h3-9,12H,2,10-11H2,1H3,(H2,18,19). The van der Waals surface area contributed by atoms with Gasteiger partial charge < -0.3 is 10.6 Å². The Bertz CT molecular complexity index is 730.